The van der Waals surface area contributed by atoms with Crippen LogP contribution in [-0.2, 0) is 9.53 Å². The lowest BCUT2D eigenvalue weighted by Gasteiger charge is -2.51. The Balaban J connectivity index is 0.00000169. The van der Waals surface area contributed by atoms with Gasteiger partial charge in [0.15, 0.2) is 0 Å². The molecule has 1 aliphatic carbocycles. The number of morpholine rings is 1. The number of halogens is 2. The summed E-state index contributed by atoms with van der Waals surface area (Å²) in [6, 6.07) is 0. The molecule has 0 bridgehead atoms. The third-order valence-corrected chi connectivity index (χ3v) is 6.14. The fraction of sp³-hybridized carbons (Fsp3) is 0.947. The van der Waals surface area contributed by atoms with Crippen molar-refractivity contribution in [2.45, 2.75) is 69.9 Å². The molecule has 5 nitrogen and oxygen atoms in total. The van der Waals surface area contributed by atoms with Crippen molar-refractivity contribution in [3.63, 3.8) is 0 Å². The number of rotatable bonds is 4. The third kappa shape index (κ3) is 5.96. The lowest BCUT2D eigenvalue weighted by atomic mass is 9.79. The molecule has 0 aromatic heterocycles. The highest BCUT2D eigenvalue weighted by Crippen LogP contribution is 2.36. The summed E-state index contributed by atoms with van der Waals surface area (Å²) in [6.07, 6.45) is 8.42. The molecule has 7 heteroatoms. The van der Waals surface area contributed by atoms with Crippen LogP contribution in [0.5, 0.6) is 0 Å². The molecule has 154 valence electrons. The predicted octanol–water partition coefficient (Wildman–Crippen LogP) is 2.76. The van der Waals surface area contributed by atoms with Crippen molar-refractivity contribution in [3.8, 4) is 0 Å². The van der Waals surface area contributed by atoms with Crippen LogP contribution in [0.25, 0.3) is 0 Å². The Kier molecular flexibility index (Phi) is 9.65. The van der Waals surface area contributed by atoms with Crippen LogP contribution in [0, 0.1) is 5.92 Å². The van der Waals surface area contributed by atoms with Crippen molar-refractivity contribution in [2.24, 2.45) is 5.92 Å². The largest absolute Gasteiger partial charge is 0.373 e. The molecule has 2 heterocycles. The molecule has 0 aromatic carbocycles. The first-order valence-corrected chi connectivity index (χ1v) is 9.88. The summed E-state index contributed by atoms with van der Waals surface area (Å²) in [5, 5.41) is 6.68. The number of carbonyl (C=O) groups excluding carboxylic acids is 1. The molecule has 1 unspecified atom stereocenters. The van der Waals surface area contributed by atoms with Gasteiger partial charge in [-0.25, -0.2) is 0 Å². The monoisotopic (exact) mass is 409 g/mol. The highest BCUT2D eigenvalue weighted by atomic mass is 35.5. The van der Waals surface area contributed by atoms with Crippen molar-refractivity contribution in [3.05, 3.63) is 0 Å². The molecule has 0 radical (unpaired) electrons. The highest BCUT2D eigenvalue weighted by Gasteiger charge is 2.42. The maximum atomic E-state index is 12.6. The third-order valence-electron chi connectivity index (χ3n) is 6.14. The van der Waals surface area contributed by atoms with Crippen molar-refractivity contribution in [2.75, 3.05) is 39.3 Å². The topological polar surface area (TPSA) is 53.6 Å². The molecule has 2 aliphatic heterocycles. The van der Waals surface area contributed by atoms with Crippen LogP contribution < -0.4 is 10.6 Å². The van der Waals surface area contributed by atoms with Gasteiger partial charge in [0.25, 0.3) is 0 Å². The van der Waals surface area contributed by atoms with Gasteiger partial charge < -0.3 is 15.4 Å². The lowest BCUT2D eigenvalue weighted by Crippen LogP contribution is -2.63. The Hall–Kier alpha value is -0.0700. The molecule has 3 fully saturated rings. The zero-order chi connectivity index (χ0) is 17.0. The molecule has 26 heavy (non-hydrogen) atoms. The minimum Gasteiger partial charge on any atom is -0.373 e. The summed E-state index contributed by atoms with van der Waals surface area (Å²) in [6.45, 7) is 9.82. The van der Waals surface area contributed by atoms with Crippen LogP contribution in [0.2, 0.25) is 0 Å². The van der Waals surface area contributed by atoms with E-state index in [4.69, 9.17) is 4.74 Å². The van der Waals surface area contributed by atoms with Gasteiger partial charge in [0, 0.05) is 31.7 Å². The average Bonchev–Trinajstić information content (AvgIpc) is 2.60. The van der Waals surface area contributed by atoms with Crippen LogP contribution in [0.3, 0.4) is 0 Å². The molecule has 2 saturated heterocycles. The van der Waals surface area contributed by atoms with Crippen molar-refractivity contribution < 1.29 is 9.53 Å². The van der Waals surface area contributed by atoms with E-state index < -0.39 is 0 Å². The molecule has 1 saturated carbocycles. The molecule has 3 rings (SSSR count). The molecule has 0 aromatic rings. The lowest BCUT2D eigenvalue weighted by molar-refractivity contribution is -0.131. The van der Waals surface area contributed by atoms with E-state index in [-0.39, 0.29) is 47.8 Å². The quantitative estimate of drug-likeness (QED) is 0.749. The van der Waals surface area contributed by atoms with E-state index in [0.717, 1.165) is 52.2 Å². The number of ether oxygens (including phenoxy) is 1. The summed E-state index contributed by atoms with van der Waals surface area (Å²) in [5.41, 5.74) is 0.0526. The van der Waals surface area contributed by atoms with Gasteiger partial charge in [0.05, 0.1) is 18.1 Å². The standard InChI is InChI=1S/C19H35N3O2.2ClH/c1-18(2)15-22(11-12-24-18)19(8-4-3-5-9-19)14-21-17(23)16-7-6-10-20-13-16;;/h16,20H,3-15H2,1-2H3,(H,21,23);2*1H. The Labute approximate surface area is 171 Å². The van der Waals surface area contributed by atoms with Crippen molar-refractivity contribution >= 4 is 30.7 Å². The Bertz CT molecular complexity index is 437. The van der Waals surface area contributed by atoms with Gasteiger partial charge in [0.1, 0.15) is 0 Å². The normalized spacial score (nSPS) is 28.3. The Morgan fingerprint density at radius 1 is 1.19 bits per heavy atom. The number of hydrogen-bond donors (Lipinski definition) is 2. The maximum Gasteiger partial charge on any atom is 0.224 e. The first-order valence-electron chi connectivity index (χ1n) is 9.88. The summed E-state index contributed by atoms with van der Waals surface area (Å²) >= 11 is 0. The van der Waals surface area contributed by atoms with E-state index in [0.29, 0.717) is 0 Å². The van der Waals surface area contributed by atoms with E-state index in [1.807, 2.05) is 0 Å². The Morgan fingerprint density at radius 2 is 1.92 bits per heavy atom. The molecular weight excluding hydrogens is 373 g/mol. The van der Waals surface area contributed by atoms with Gasteiger partial charge in [-0.1, -0.05) is 19.3 Å². The van der Waals surface area contributed by atoms with Crippen LogP contribution in [-0.4, -0.2) is 61.3 Å². The summed E-state index contributed by atoms with van der Waals surface area (Å²) in [4.78, 5) is 15.2. The molecule has 1 amide bonds. The van der Waals surface area contributed by atoms with Gasteiger partial charge >= 0.3 is 0 Å². The van der Waals surface area contributed by atoms with Gasteiger partial charge in [-0.05, 0) is 46.1 Å². The molecule has 2 N–H and O–H groups in total. The molecular formula is C19H37Cl2N3O2. The number of amides is 1. The first-order chi connectivity index (χ1) is 11.5. The van der Waals surface area contributed by atoms with Crippen LogP contribution >= 0.6 is 24.8 Å². The van der Waals surface area contributed by atoms with Gasteiger partial charge in [0.2, 0.25) is 5.91 Å². The first kappa shape index (κ1) is 24.0. The zero-order valence-electron chi connectivity index (χ0n) is 16.3. The van der Waals surface area contributed by atoms with E-state index in [1.165, 1.54) is 32.1 Å². The number of nitrogens with zero attached hydrogens (tertiary/aromatic N) is 1. The SMILES string of the molecule is CC1(C)CN(C2(CNC(=O)C3CCCNC3)CCCCC2)CCO1.Cl.Cl. The molecule has 3 aliphatic rings. The smallest absolute Gasteiger partial charge is 0.224 e. The van der Waals surface area contributed by atoms with E-state index >= 15 is 0 Å². The fourth-order valence-electron chi connectivity index (χ4n) is 4.71. The number of hydrogen-bond acceptors (Lipinski definition) is 4. The zero-order valence-corrected chi connectivity index (χ0v) is 18.0. The van der Waals surface area contributed by atoms with Crippen molar-refractivity contribution in [1.29, 1.82) is 0 Å². The minimum atomic E-state index is -0.0833. The second-order valence-corrected chi connectivity index (χ2v) is 8.58. The predicted molar refractivity (Wildman–Crippen MR) is 111 cm³/mol. The summed E-state index contributed by atoms with van der Waals surface area (Å²) in [7, 11) is 0. The number of piperidine rings is 1. The fourth-order valence-corrected chi connectivity index (χ4v) is 4.71. The average molecular weight is 410 g/mol. The van der Waals surface area contributed by atoms with E-state index in [2.05, 4.69) is 29.4 Å². The highest BCUT2D eigenvalue weighted by molar-refractivity contribution is 5.85. The Morgan fingerprint density at radius 3 is 2.54 bits per heavy atom. The maximum absolute atomic E-state index is 12.6. The second-order valence-electron chi connectivity index (χ2n) is 8.58. The molecule has 1 atom stereocenters. The second kappa shape index (κ2) is 10.5. The van der Waals surface area contributed by atoms with Gasteiger partial charge in [-0.2, -0.15) is 0 Å². The van der Waals surface area contributed by atoms with Gasteiger partial charge in [-0.15, -0.1) is 24.8 Å². The summed E-state index contributed by atoms with van der Waals surface area (Å²) in [5.74, 6) is 0.403. The van der Waals surface area contributed by atoms with Crippen LogP contribution in [0.15, 0.2) is 0 Å². The van der Waals surface area contributed by atoms with Crippen LogP contribution in [0.4, 0.5) is 0 Å². The van der Waals surface area contributed by atoms with Gasteiger partial charge in [-0.3, -0.25) is 9.69 Å². The number of nitrogens with one attached hydrogen (secondary N) is 2. The summed E-state index contributed by atoms with van der Waals surface area (Å²) < 4.78 is 5.91. The van der Waals surface area contributed by atoms with Crippen molar-refractivity contribution in [1.82, 2.24) is 15.5 Å². The number of carbonyl (C=O) groups is 1. The van der Waals surface area contributed by atoms with E-state index in [9.17, 15) is 4.79 Å². The molecule has 0 spiro atoms. The van der Waals surface area contributed by atoms with Crippen LogP contribution in [0.1, 0.15) is 58.8 Å². The van der Waals surface area contributed by atoms with E-state index in [1.54, 1.807) is 0 Å². The minimum absolute atomic E-state index is 0.